The van der Waals surface area contributed by atoms with E-state index in [9.17, 15) is 14.9 Å². The van der Waals surface area contributed by atoms with Gasteiger partial charge in [0.2, 0.25) is 5.95 Å². The van der Waals surface area contributed by atoms with Gasteiger partial charge < -0.3 is 10.6 Å². The van der Waals surface area contributed by atoms with Crippen LogP contribution in [0.25, 0.3) is 21.9 Å². The number of anilines is 1. The van der Waals surface area contributed by atoms with Crippen LogP contribution in [0.5, 0.6) is 0 Å². The lowest BCUT2D eigenvalue weighted by atomic mass is 10.00. The normalized spacial score (nSPS) is 11.4. The number of aromatic nitrogens is 4. The molecule has 4 aromatic rings. The molecule has 0 bridgehead atoms. The van der Waals surface area contributed by atoms with E-state index >= 15 is 0 Å². The Kier molecular flexibility index (Phi) is 6.45. The molecule has 36 heavy (non-hydrogen) atoms. The average molecular weight is 484 g/mol. The molecule has 0 saturated carbocycles. The van der Waals surface area contributed by atoms with Crippen LogP contribution < -0.4 is 21.9 Å². The fourth-order valence-electron chi connectivity index (χ4n) is 4.55. The minimum Gasteiger partial charge on any atom is -0.343 e. The van der Waals surface area contributed by atoms with E-state index < -0.39 is 16.8 Å². The summed E-state index contributed by atoms with van der Waals surface area (Å²) >= 11 is 0. The fourth-order valence-corrected chi connectivity index (χ4v) is 4.55. The highest BCUT2D eigenvalue weighted by Gasteiger charge is 2.24. The Hall–Kier alpha value is -4.34. The Balaban J connectivity index is 1.96. The van der Waals surface area contributed by atoms with Crippen molar-refractivity contribution in [3.8, 4) is 17.9 Å². The second kappa shape index (κ2) is 9.37. The van der Waals surface area contributed by atoms with Crippen molar-refractivity contribution in [1.29, 1.82) is 5.26 Å². The molecule has 2 aromatic carbocycles. The zero-order chi connectivity index (χ0) is 26.2. The number of hydrogen-bond donors (Lipinski definition) is 1. The molecule has 9 nitrogen and oxygen atoms in total. The zero-order valence-corrected chi connectivity index (χ0v) is 21.2. The standard InChI is InChI=1S/C27H29N7O2/c1-6-7-14-33-22-23(30-25(33)31(4)17-27(2,3)29)32(5)26(36)34(24(22)35)16-19-13-12-18(15-28)20-10-8-9-11-21(19)20/h8-13H,14,16-17,29H2,1-5H3. The second-order valence-corrected chi connectivity index (χ2v) is 9.60. The number of nitrogens with zero attached hydrogens (tertiary/aromatic N) is 6. The summed E-state index contributed by atoms with van der Waals surface area (Å²) in [5.41, 5.74) is 6.71. The van der Waals surface area contributed by atoms with Crippen LogP contribution in [0.4, 0.5) is 5.95 Å². The summed E-state index contributed by atoms with van der Waals surface area (Å²) in [7, 11) is 3.46. The number of nitrogens with two attached hydrogens (primary N) is 1. The van der Waals surface area contributed by atoms with Gasteiger partial charge >= 0.3 is 5.69 Å². The topological polar surface area (TPSA) is 115 Å². The maximum atomic E-state index is 13.8. The van der Waals surface area contributed by atoms with Crippen LogP contribution in [0, 0.1) is 23.2 Å². The average Bonchev–Trinajstić information content (AvgIpc) is 3.23. The maximum Gasteiger partial charge on any atom is 0.332 e. The van der Waals surface area contributed by atoms with Crippen molar-refractivity contribution >= 4 is 27.9 Å². The first-order chi connectivity index (χ1) is 17.1. The Morgan fingerprint density at radius 3 is 2.44 bits per heavy atom. The van der Waals surface area contributed by atoms with Crippen LogP contribution in [0.15, 0.2) is 46.0 Å². The monoisotopic (exact) mass is 483 g/mol. The summed E-state index contributed by atoms with van der Waals surface area (Å²) in [6.45, 7) is 6.33. The van der Waals surface area contributed by atoms with Crippen LogP contribution in [-0.2, 0) is 20.1 Å². The van der Waals surface area contributed by atoms with Crippen molar-refractivity contribution in [3.63, 3.8) is 0 Å². The molecular formula is C27H29N7O2. The molecule has 2 N–H and O–H groups in total. The van der Waals surface area contributed by atoms with Crippen LogP contribution in [-0.4, -0.2) is 37.8 Å². The van der Waals surface area contributed by atoms with Crippen molar-refractivity contribution in [3.05, 3.63) is 68.4 Å². The summed E-state index contributed by atoms with van der Waals surface area (Å²) in [4.78, 5) is 33.7. The van der Waals surface area contributed by atoms with E-state index in [0.29, 0.717) is 29.2 Å². The van der Waals surface area contributed by atoms with Crippen LogP contribution in [0.3, 0.4) is 0 Å². The smallest absolute Gasteiger partial charge is 0.332 e. The third-order valence-electron chi connectivity index (χ3n) is 6.08. The summed E-state index contributed by atoms with van der Waals surface area (Å²) < 4.78 is 4.35. The quantitative estimate of drug-likeness (QED) is 0.420. The van der Waals surface area contributed by atoms with E-state index in [1.165, 1.54) is 9.13 Å². The van der Waals surface area contributed by atoms with Gasteiger partial charge in [0.15, 0.2) is 11.2 Å². The van der Waals surface area contributed by atoms with Gasteiger partial charge in [-0.15, -0.1) is 5.92 Å². The molecule has 9 heteroatoms. The molecule has 0 amide bonds. The number of nitriles is 1. The Labute approximate surface area is 209 Å². The maximum absolute atomic E-state index is 13.8. The molecule has 0 aliphatic carbocycles. The molecule has 0 fully saturated rings. The van der Waals surface area contributed by atoms with Gasteiger partial charge in [-0.25, -0.2) is 4.79 Å². The van der Waals surface area contributed by atoms with E-state index in [2.05, 4.69) is 22.9 Å². The predicted molar refractivity (Wildman–Crippen MR) is 142 cm³/mol. The van der Waals surface area contributed by atoms with Crippen molar-refractivity contribution in [2.24, 2.45) is 12.8 Å². The number of rotatable bonds is 6. The highest BCUT2D eigenvalue weighted by Crippen LogP contribution is 2.24. The third-order valence-corrected chi connectivity index (χ3v) is 6.08. The summed E-state index contributed by atoms with van der Waals surface area (Å²) in [6.07, 6.45) is 0. The Morgan fingerprint density at radius 1 is 1.11 bits per heavy atom. The van der Waals surface area contributed by atoms with Crippen molar-refractivity contribution in [2.45, 2.75) is 39.4 Å². The van der Waals surface area contributed by atoms with Gasteiger partial charge in [-0.05, 0) is 43.2 Å². The number of aryl methyl sites for hydroxylation is 1. The molecule has 2 heterocycles. The minimum atomic E-state index is -0.503. The summed E-state index contributed by atoms with van der Waals surface area (Å²) in [6, 6.07) is 13.2. The molecule has 184 valence electrons. The Bertz CT molecular complexity index is 1700. The second-order valence-electron chi connectivity index (χ2n) is 9.60. The lowest BCUT2D eigenvalue weighted by molar-refractivity contribution is 0.512. The lowest BCUT2D eigenvalue weighted by Gasteiger charge is -2.27. The van der Waals surface area contributed by atoms with Gasteiger partial charge in [0.25, 0.3) is 5.56 Å². The highest BCUT2D eigenvalue weighted by atomic mass is 16.2. The number of fused-ring (bicyclic) bond motifs is 2. The van der Waals surface area contributed by atoms with E-state index in [-0.39, 0.29) is 13.1 Å². The molecule has 0 aliphatic heterocycles. The first-order valence-corrected chi connectivity index (χ1v) is 11.6. The van der Waals surface area contributed by atoms with Gasteiger partial charge in [-0.2, -0.15) is 10.2 Å². The van der Waals surface area contributed by atoms with Crippen LogP contribution in [0.1, 0.15) is 31.9 Å². The molecule has 0 radical (unpaired) electrons. The van der Waals surface area contributed by atoms with Gasteiger partial charge in [0, 0.05) is 26.2 Å². The Morgan fingerprint density at radius 2 is 1.81 bits per heavy atom. The molecule has 0 atom stereocenters. The molecule has 0 spiro atoms. The highest BCUT2D eigenvalue weighted by molar-refractivity contribution is 5.90. The fraction of sp³-hybridized carbons (Fsp3) is 0.333. The molecule has 4 rings (SSSR count). The number of imidazole rings is 1. The van der Waals surface area contributed by atoms with E-state index in [1.54, 1.807) is 30.7 Å². The number of benzene rings is 2. The van der Waals surface area contributed by atoms with Crippen LogP contribution >= 0.6 is 0 Å². The zero-order valence-electron chi connectivity index (χ0n) is 21.2. The van der Waals surface area contributed by atoms with Crippen molar-refractivity contribution < 1.29 is 0 Å². The SMILES string of the molecule is CC#CCn1c(N(C)CC(C)(C)N)nc2c1c(=O)n(Cc1ccc(C#N)c3ccccc13)c(=O)n2C. The van der Waals surface area contributed by atoms with Gasteiger partial charge in [-0.1, -0.05) is 36.3 Å². The van der Waals surface area contributed by atoms with E-state index in [1.807, 2.05) is 50.1 Å². The molecule has 0 unspecified atom stereocenters. The van der Waals surface area contributed by atoms with E-state index in [0.717, 1.165) is 16.3 Å². The summed E-state index contributed by atoms with van der Waals surface area (Å²) in [5.74, 6) is 6.40. The molecule has 0 saturated heterocycles. The van der Waals surface area contributed by atoms with Gasteiger partial charge in [0.05, 0.1) is 24.7 Å². The number of likely N-dealkylation sites (N-methyl/N-ethyl adjacent to an activating group) is 1. The van der Waals surface area contributed by atoms with E-state index in [4.69, 9.17) is 5.73 Å². The molecule has 2 aromatic heterocycles. The molecule has 0 aliphatic rings. The van der Waals surface area contributed by atoms with Crippen LogP contribution in [0.2, 0.25) is 0 Å². The van der Waals surface area contributed by atoms with Crippen molar-refractivity contribution in [2.75, 3.05) is 18.5 Å². The first kappa shape index (κ1) is 24.8. The third kappa shape index (κ3) is 4.37. The lowest BCUT2D eigenvalue weighted by Crippen LogP contribution is -2.44. The van der Waals surface area contributed by atoms with Gasteiger partial charge in [-0.3, -0.25) is 18.5 Å². The predicted octanol–water partition coefficient (Wildman–Crippen LogP) is 2.17. The van der Waals surface area contributed by atoms with Crippen molar-refractivity contribution in [1.82, 2.24) is 18.7 Å². The first-order valence-electron chi connectivity index (χ1n) is 11.6. The minimum absolute atomic E-state index is 0.0549. The number of hydrogen-bond acceptors (Lipinski definition) is 6. The molecular weight excluding hydrogens is 454 g/mol. The summed E-state index contributed by atoms with van der Waals surface area (Å²) in [5, 5.41) is 11.1. The van der Waals surface area contributed by atoms with Gasteiger partial charge in [0.1, 0.15) is 0 Å². The largest absolute Gasteiger partial charge is 0.343 e.